The van der Waals surface area contributed by atoms with Gasteiger partial charge in [0.2, 0.25) is 0 Å². The van der Waals surface area contributed by atoms with E-state index >= 15 is 0 Å². The predicted molar refractivity (Wildman–Crippen MR) is 108 cm³/mol. The smallest absolute Gasteiger partial charge is 0.336 e. The number of carbonyl (C=O) groups excluding carboxylic acids is 1. The van der Waals surface area contributed by atoms with Crippen LogP contribution in [0.15, 0.2) is 33.5 Å². The van der Waals surface area contributed by atoms with E-state index in [0.29, 0.717) is 17.4 Å². The number of piperidine rings is 1. The molecule has 6 heteroatoms. The molecule has 1 unspecified atom stereocenters. The van der Waals surface area contributed by atoms with Crippen LogP contribution >= 0.6 is 0 Å². The average Bonchev–Trinajstić information content (AvgIpc) is 3.22. The van der Waals surface area contributed by atoms with E-state index in [2.05, 4.69) is 4.90 Å². The van der Waals surface area contributed by atoms with Crippen molar-refractivity contribution in [2.75, 3.05) is 32.8 Å². The summed E-state index contributed by atoms with van der Waals surface area (Å²) in [5, 5.41) is 0.907. The molecule has 0 radical (unpaired) electrons. The number of benzene rings is 1. The average molecular weight is 384 g/mol. The molecule has 0 aliphatic carbocycles. The van der Waals surface area contributed by atoms with Crippen LogP contribution in [-0.2, 0) is 11.2 Å². The number of nitrogens with zero attached hydrogens (tertiary/aromatic N) is 2. The van der Waals surface area contributed by atoms with Gasteiger partial charge in [-0.3, -0.25) is 9.69 Å². The van der Waals surface area contributed by atoms with Crippen LogP contribution in [0.4, 0.5) is 0 Å². The third kappa shape index (κ3) is 4.07. The van der Waals surface area contributed by atoms with Crippen molar-refractivity contribution < 1.29 is 13.9 Å². The van der Waals surface area contributed by atoms with Gasteiger partial charge < -0.3 is 14.1 Å². The molecular weight excluding hydrogens is 356 g/mol. The fourth-order valence-corrected chi connectivity index (χ4v) is 4.38. The van der Waals surface area contributed by atoms with E-state index in [4.69, 9.17) is 9.15 Å². The maximum atomic E-state index is 12.6. The lowest BCUT2D eigenvalue weighted by Gasteiger charge is -2.32. The lowest BCUT2D eigenvalue weighted by atomic mass is 10.1. The van der Waals surface area contributed by atoms with Gasteiger partial charge in [-0.15, -0.1) is 0 Å². The zero-order valence-corrected chi connectivity index (χ0v) is 16.5. The van der Waals surface area contributed by atoms with Crippen LogP contribution in [0.1, 0.15) is 38.2 Å². The van der Waals surface area contributed by atoms with Gasteiger partial charge in [-0.1, -0.05) is 13.3 Å². The summed E-state index contributed by atoms with van der Waals surface area (Å²) in [6, 6.07) is 7.43. The van der Waals surface area contributed by atoms with E-state index in [0.717, 1.165) is 50.0 Å². The number of hydrogen-bond acceptors (Lipinski definition) is 5. The van der Waals surface area contributed by atoms with Gasteiger partial charge in [-0.05, 0) is 56.5 Å². The minimum Gasteiger partial charge on any atom is -0.484 e. The van der Waals surface area contributed by atoms with Gasteiger partial charge in [-0.2, -0.15) is 0 Å². The zero-order valence-electron chi connectivity index (χ0n) is 16.5. The van der Waals surface area contributed by atoms with Gasteiger partial charge in [0, 0.05) is 36.7 Å². The van der Waals surface area contributed by atoms with E-state index in [-0.39, 0.29) is 18.1 Å². The third-order valence-electron chi connectivity index (χ3n) is 5.97. The number of ether oxygens (including phenoxy) is 1. The number of aryl methyl sites for hydroxylation is 1. The van der Waals surface area contributed by atoms with Crippen LogP contribution < -0.4 is 10.4 Å². The van der Waals surface area contributed by atoms with Gasteiger partial charge in [0.25, 0.3) is 5.91 Å². The SMILES string of the molecule is CCc1cc(=O)oc2cc(OCC(=O)N3CCC(N4CCCCC4)C3)ccc12. The van der Waals surface area contributed by atoms with Crippen molar-refractivity contribution in [3.8, 4) is 5.75 Å². The van der Waals surface area contributed by atoms with E-state index in [1.807, 2.05) is 24.0 Å². The molecule has 3 heterocycles. The van der Waals surface area contributed by atoms with Gasteiger partial charge in [0.15, 0.2) is 6.61 Å². The molecule has 0 N–H and O–H groups in total. The molecule has 0 saturated carbocycles. The van der Waals surface area contributed by atoms with Crippen molar-refractivity contribution in [1.82, 2.24) is 9.80 Å². The Labute approximate surface area is 165 Å². The molecular formula is C22H28N2O4. The first-order chi connectivity index (χ1) is 13.6. The third-order valence-corrected chi connectivity index (χ3v) is 5.97. The summed E-state index contributed by atoms with van der Waals surface area (Å²) < 4.78 is 11.0. The minimum absolute atomic E-state index is 0.00985. The fraction of sp³-hybridized carbons (Fsp3) is 0.545. The van der Waals surface area contributed by atoms with Crippen molar-refractivity contribution in [2.24, 2.45) is 0 Å². The summed E-state index contributed by atoms with van der Waals surface area (Å²) in [5.41, 5.74) is 1.09. The highest BCUT2D eigenvalue weighted by atomic mass is 16.5. The van der Waals surface area contributed by atoms with Crippen molar-refractivity contribution in [1.29, 1.82) is 0 Å². The highest BCUT2D eigenvalue weighted by Crippen LogP contribution is 2.24. The molecule has 1 amide bonds. The summed E-state index contributed by atoms with van der Waals surface area (Å²) >= 11 is 0. The van der Waals surface area contributed by atoms with E-state index < -0.39 is 0 Å². The number of rotatable bonds is 5. The summed E-state index contributed by atoms with van der Waals surface area (Å²) in [5.74, 6) is 0.562. The van der Waals surface area contributed by atoms with Gasteiger partial charge >= 0.3 is 5.63 Å². The van der Waals surface area contributed by atoms with Crippen molar-refractivity contribution >= 4 is 16.9 Å². The Hall–Kier alpha value is -2.34. The molecule has 6 nitrogen and oxygen atoms in total. The maximum absolute atomic E-state index is 12.6. The van der Waals surface area contributed by atoms with Gasteiger partial charge in [0.05, 0.1) is 0 Å². The Morgan fingerprint density at radius 2 is 2.00 bits per heavy atom. The summed E-state index contributed by atoms with van der Waals surface area (Å²) in [4.78, 5) is 28.7. The number of fused-ring (bicyclic) bond motifs is 1. The molecule has 2 aromatic rings. The lowest BCUT2D eigenvalue weighted by molar-refractivity contribution is -0.132. The molecule has 2 aliphatic heterocycles. The summed E-state index contributed by atoms with van der Waals surface area (Å²) in [7, 11) is 0. The summed E-state index contributed by atoms with van der Waals surface area (Å²) in [6.45, 7) is 5.93. The first kappa shape index (κ1) is 19.0. The van der Waals surface area contributed by atoms with Crippen molar-refractivity contribution in [3.63, 3.8) is 0 Å². The maximum Gasteiger partial charge on any atom is 0.336 e. The Morgan fingerprint density at radius 1 is 1.18 bits per heavy atom. The molecule has 2 fully saturated rings. The first-order valence-corrected chi connectivity index (χ1v) is 10.4. The van der Waals surface area contributed by atoms with E-state index in [1.54, 1.807) is 6.07 Å². The Balaban J connectivity index is 1.36. The quantitative estimate of drug-likeness (QED) is 0.742. The topological polar surface area (TPSA) is 63.0 Å². The predicted octanol–water partition coefficient (Wildman–Crippen LogP) is 2.82. The van der Waals surface area contributed by atoms with Crippen LogP contribution in [0.3, 0.4) is 0 Å². The second kappa shape index (κ2) is 8.35. The molecule has 2 saturated heterocycles. The summed E-state index contributed by atoms with van der Waals surface area (Å²) in [6.07, 6.45) is 5.67. The Bertz CT molecular complexity index is 901. The Kier molecular flexibility index (Phi) is 5.67. The normalized spacial score (nSPS) is 20.6. The molecule has 1 aromatic carbocycles. The minimum atomic E-state index is -0.363. The van der Waals surface area contributed by atoms with Crippen LogP contribution in [0.2, 0.25) is 0 Å². The molecule has 4 rings (SSSR count). The van der Waals surface area contributed by atoms with Gasteiger partial charge in [0.1, 0.15) is 11.3 Å². The first-order valence-electron chi connectivity index (χ1n) is 10.4. The lowest BCUT2D eigenvalue weighted by Crippen LogP contribution is -2.42. The van der Waals surface area contributed by atoms with Crippen LogP contribution in [-0.4, -0.2) is 54.5 Å². The zero-order chi connectivity index (χ0) is 19.5. The molecule has 0 bridgehead atoms. The van der Waals surface area contributed by atoms with E-state index in [9.17, 15) is 9.59 Å². The largest absolute Gasteiger partial charge is 0.484 e. The van der Waals surface area contributed by atoms with Gasteiger partial charge in [-0.25, -0.2) is 4.79 Å². The fourth-order valence-electron chi connectivity index (χ4n) is 4.38. The molecule has 1 atom stereocenters. The highest BCUT2D eigenvalue weighted by Gasteiger charge is 2.30. The van der Waals surface area contributed by atoms with E-state index in [1.165, 1.54) is 25.3 Å². The standard InChI is InChI=1S/C22H28N2O4/c1-2-16-12-22(26)28-20-13-18(6-7-19(16)20)27-15-21(25)24-11-8-17(14-24)23-9-4-3-5-10-23/h6-7,12-13,17H,2-5,8-11,14-15H2,1H3. The monoisotopic (exact) mass is 384 g/mol. The van der Waals surface area contributed by atoms with Crippen LogP contribution in [0.25, 0.3) is 11.0 Å². The Morgan fingerprint density at radius 3 is 2.79 bits per heavy atom. The van der Waals surface area contributed by atoms with Crippen molar-refractivity contribution in [2.45, 2.75) is 45.1 Å². The number of carbonyl (C=O) groups is 1. The molecule has 28 heavy (non-hydrogen) atoms. The van der Waals surface area contributed by atoms with Crippen molar-refractivity contribution in [3.05, 3.63) is 40.2 Å². The molecule has 2 aliphatic rings. The molecule has 0 spiro atoms. The number of likely N-dealkylation sites (tertiary alicyclic amines) is 2. The van der Waals surface area contributed by atoms with Crippen LogP contribution in [0, 0.1) is 0 Å². The highest BCUT2D eigenvalue weighted by molar-refractivity contribution is 5.82. The molecule has 150 valence electrons. The number of hydrogen-bond donors (Lipinski definition) is 0. The second-order valence-corrected chi connectivity index (χ2v) is 7.77. The second-order valence-electron chi connectivity index (χ2n) is 7.77. The number of amides is 1. The van der Waals surface area contributed by atoms with Crippen LogP contribution in [0.5, 0.6) is 5.75 Å². The molecule has 1 aromatic heterocycles.